The molecule has 1 aromatic rings. The fraction of sp³-hybridized carbons (Fsp3) is 0.600. The molecule has 2 heteroatoms. The van der Waals surface area contributed by atoms with Gasteiger partial charge >= 0.3 is 0 Å². The van der Waals surface area contributed by atoms with E-state index >= 15 is 0 Å². The van der Waals surface area contributed by atoms with Crippen molar-refractivity contribution in [3.8, 4) is 0 Å². The molecule has 1 saturated carbocycles. The topological polar surface area (TPSA) is 39.2 Å². The minimum absolute atomic E-state index is 0.425. The van der Waals surface area contributed by atoms with Crippen molar-refractivity contribution < 1.29 is 4.42 Å². The summed E-state index contributed by atoms with van der Waals surface area (Å²) in [6, 6.07) is 2.06. The number of aryl methyl sites for hydroxylation is 1. The number of nitrogens with two attached hydrogens (primary N) is 1. The molecule has 0 radical (unpaired) electrons. The van der Waals surface area contributed by atoms with Crippen LogP contribution < -0.4 is 5.73 Å². The third-order valence-electron chi connectivity index (χ3n) is 2.92. The van der Waals surface area contributed by atoms with Crippen LogP contribution in [0.1, 0.15) is 24.2 Å². The first kappa shape index (κ1) is 7.87. The van der Waals surface area contributed by atoms with Crippen LogP contribution in [0.4, 0.5) is 0 Å². The largest absolute Gasteiger partial charge is 0.469 e. The summed E-state index contributed by atoms with van der Waals surface area (Å²) in [5, 5.41) is 0. The van der Waals surface area contributed by atoms with Crippen LogP contribution in [-0.2, 0) is 6.42 Å². The zero-order valence-corrected chi connectivity index (χ0v) is 7.47. The summed E-state index contributed by atoms with van der Waals surface area (Å²) >= 11 is 0. The molecule has 0 unspecified atom stereocenters. The van der Waals surface area contributed by atoms with Crippen LogP contribution in [0.25, 0.3) is 0 Å². The van der Waals surface area contributed by atoms with Crippen molar-refractivity contribution in [3.05, 3.63) is 23.7 Å². The molecule has 2 rings (SSSR count). The number of hydrogen-bond acceptors (Lipinski definition) is 2. The standard InChI is InChI=1S/C10H15NO/c1-8-9(2-5-12-8)6-10(7-11)3-4-10/h2,5H,3-4,6-7,11H2,1H3. The normalized spacial score (nSPS) is 19.5. The Bertz CT molecular complexity index is 273. The first-order valence-electron chi connectivity index (χ1n) is 4.49. The molecule has 0 spiro atoms. The average molecular weight is 165 g/mol. The first-order chi connectivity index (χ1) is 5.76. The lowest BCUT2D eigenvalue weighted by Gasteiger charge is -2.10. The molecule has 0 aromatic carbocycles. The van der Waals surface area contributed by atoms with Gasteiger partial charge in [0.2, 0.25) is 0 Å². The predicted octanol–water partition coefficient (Wildman–Crippen LogP) is 1.87. The van der Waals surface area contributed by atoms with Crippen LogP contribution in [0.5, 0.6) is 0 Å². The molecule has 2 nitrogen and oxygen atoms in total. The van der Waals surface area contributed by atoms with Gasteiger partial charge < -0.3 is 10.2 Å². The summed E-state index contributed by atoms with van der Waals surface area (Å²) in [4.78, 5) is 0. The number of hydrogen-bond donors (Lipinski definition) is 1. The van der Waals surface area contributed by atoms with Gasteiger partial charge in [-0.3, -0.25) is 0 Å². The predicted molar refractivity (Wildman–Crippen MR) is 47.9 cm³/mol. The van der Waals surface area contributed by atoms with Crippen molar-refractivity contribution in [3.63, 3.8) is 0 Å². The molecule has 1 aliphatic carbocycles. The molecule has 1 aromatic heterocycles. The van der Waals surface area contributed by atoms with E-state index in [-0.39, 0.29) is 0 Å². The minimum atomic E-state index is 0.425. The van der Waals surface area contributed by atoms with E-state index < -0.39 is 0 Å². The van der Waals surface area contributed by atoms with E-state index in [9.17, 15) is 0 Å². The van der Waals surface area contributed by atoms with E-state index in [2.05, 4.69) is 6.07 Å². The lowest BCUT2D eigenvalue weighted by molar-refractivity contribution is 0.496. The summed E-state index contributed by atoms with van der Waals surface area (Å²) in [5.74, 6) is 1.05. The van der Waals surface area contributed by atoms with Gasteiger partial charge in [0.15, 0.2) is 0 Å². The smallest absolute Gasteiger partial charge is 0.103 e. The Morgan fingerprint density at radius 2 is 2.33 bits per heavy atom. The van der Waals surface area contributed by atoms with E-state index in [0.29, 0.717) is 5.41 Å². The molecule has 12 heavy (non-hydrogen) atoms. The molecule has 1 heterocycles. The van der Waals surface area contributed by atoms with Crippen molar-refractivity contribution in [2.75, 3.05) is 6.54 Å². The highest BCUT2D eigenvalue weighted by atomic mass is 16.3. The van der Waals surface area contributed by atoms with E-state index in [1.54, 1.807) is 6.26 Å². The lowest BCUT2D eigenvalue weighted by Crippen LogP contribution is -2.17. The third-order valence-corrected chi connectivity index (χ3v) is 2.92. The summed E-state index contributed by atoms with van der Waals surface area (Å²) in [6.45, 7) is 2.83. The average Bonchev–Trinajstić information content (AvgIpc) is 2.74. The second-order valence-corrected chi connectivity index (χ2v) is 3.88. The monoisotopic (exact) mass is 165 g/mol. The van der Waals surface area contributed by atoms with Crippen LogP contribution in [0.3, 0.4) is 0 Å². The van der Waals surface area contributed by atoms with Gasteiger partial charge in [-0.1, -0.05) is 0 Å². The Hall–Kier alpha value is -0.760. The van der Waals surface area contributed by atoms with E-state index in [0.717, 1.165) is 18.7 Å². The highest BCUT2D eigenvalue weighted by Gasteiger charge is 2.41. The molecule has 66 valence electrons. The molecule has 2 N–H and O–H groups in total. The Morgan fingerprint density at radius 1 is 1.58 bits per heavy atom. The van der Waals surface area contributed by atoms with Gasteiger partial charge in [0.25, 0.3) is 0 Å². The maximum absolute atomic E-state index is 5.70. The molecule has 0 bridgehead atoms. The zero-order valence-electron chi connectivity index (χ0n) is 7.47. The highest BCUT2D eigenvalue weighted by molar-refractivity contribution is 5.19. The Morgan fingerprint density at radius 3 is 2.75 bits per heavy atom. The summed E-state index contributed by atoms with van der Waals surface area (Å²) < 4.78 is 5.24. The first-order valence-corrected chi connectivity index (χ1v) is 4.49. The van der Waals surface area contributed by atoms with Gasteiger partial charge in [0.05, 0.1) is 6.26 Å². The van der Waals surface area contributed by atoms with Gasteiger partial charge in [-0.15, -0.1) is 0 Å². The highest BCUT2D eigenvalue weighted by Crippen LogP contribution is 2.47. The fourth-order valence-corrected chi connectivity index (χ4v) is 1.63. The van der Waals surface area contributed by atoms with E-state index in [4.69, 9.17) is 10.2 Å². The van der Waals surface area contributed by atoms with E-state index in [1.165, 1.54) is 18.4 Å². The molecule has 0 atom stereocenters. The summed E-state index contributed by atoms with van der Waals surface area (Å²) in [5.41, 5.74) is 7.46. The molecule has 1 fully saturated rings. The Kier molecular flexibility index (Phi) is 1.72. The summed E-state index contributed by atoms with van der Waals surface area (Å²) in [7, 11) is 0. The van der Waals surface area contributed by atoms with Crippen LogP contribution in [0, 0.1) is 12.3 Å². The Labute approximate surface area is 72.7 Å². The zero-order chi connectivity index (χ0) is 8.60. The third kappa shape index (κ3) is 1.27. The number of furan rings is 1. The van der Waals surface area contributed by atoms with E-state index in [1.807, 2.05) is 6.92 Å². The van der Waals surface area contributed by atoms with Crippen molar-refractivity contribution in [2.24, 2.45) is 11.1 Å². The van der Waals surface area contributed by atoms with Crippen LogP contribution in [-0.4, -0.2) is 6.54 Å². The Balaban J connectivity index is 2.08. The maximum Gasteiger partial charge on any atom is 0.103 e. The van der Waals surface area contributed by atoms with Crippen molar-refractivity contribution in [2.45, 2.75) is 26.2 Å². The van der Waals surface area contributed by atoms with Crippen LogP contribution in [0.2, 0.25) is 0 Å². The molecule has 0 saturated heterocycles. The number of rotatable bonds is 3. The lowest BCUT2D eigenvalue weighted by atomic mass is 9.97. The van der Waals surface area contributed by atoms with Crippen molar-refractivity contribution in [1.29, 1.82) is 0 Å². The second-order valence-electron chi connectivity index (χ2n) is 3.88. The second kappa shape index (κ2) is 2.63. The molecule has 1 aliphatic rings. The van der Waals surface area contributed by atoms with Gasteiger partial charge in [-0.25, -0.2) is 0 Å². The van der Waals surface area contributed by atoms with Crippen LogP contribution in [0.15, 0.2) is 16.7 Å². The van der Waals surface area contributed by atoms with Gasteiger partial charge in [0, 0.05) is 0 Å². The van der Waals surface area contributed by atoms with Crippen molar-refractivity contribution in [1.82, 2.24) is 0 Å². The quantitative estimate of drug-likeness (QED) is 0.742. The fourth-order valence-electron chi connectivity index (χ4n) is 1.63. The molecular formula is C10H15NO. The van der Waals surface area contributed by atoms with Crippen molar-refractivity contribution >= 4 is 0 Å². The van der Waals surface area contributed by atoms with Gasteiger partial charge in [0.1, 0.15) is 5.76 Å². The molecule has 0 aliphatic heterocycles. The van der Waals surface area contributed by atoms with Gasteiger partial charge in [-0.05, 0) is 49.8 Å². The molecule has 0 amide bonds. The summed E-state index contributed by atoms with van der Waals surface area (Å²) in [6.07, 6.45) is 5.44. The SMILES string of the molecule is Cc1occc1CC1(CN)CC1. The maximum atomic E-state index is 5.70. The van der Waals surface area contributed by atoms with Crippen LogP contribution >= 0.6 is 0 Å². The minimum Gasteiger partial charge on any atom is -0.469 e. The van der Waals surface area contributed by atoms with Gasteiger partial charge in [-0.2, -0.15) is 0 Å². The molecular weight excluding hydrogens is 150 g/mol.